The summed E-state index contributed by atoms with van der Waals surface area (Å²) in [7, 11) is 2.40. The van der Waals surface area contributed by atoms with E-state index in [4.69, 9.17) is 13.9 Å². The second-order valence-electron chi connectivity index (χ2n) is 7.65. The molecule has 3 heterocycles. The third-order valence-electron chi connectivity index (χ3n) is 5.23. The maximum Gasteiger partial charge on any atom is 0.361 e. The zero-order chi connectivity index (χ0) is 23.3. The molecule has 0 unspecified atom stereocenters. The number of nitrogens with one attached hydrogen (secondary N) is 1. The van der Waals surface area contributed by atoms with E-state index in [-0.39, 0.29) is 29.9 Å². The molecule has 1 saturated heterocycles. The average Bonchev–Trinajstić information content (AvgIpc) is 3.53. The van der Waals surface area contributed by atoms with E-state index >= 15 is 0 Å². The van der Waals surface area contributed by atoms with Crippen LogP contribution >= 0.6 is 0 Å². The molecule has 1 aliphatic heterocycles. The summed E-state index contributed by atoms with van der Waals surface area (Å²) >= 11 is 0. The van der Waals surface area contributed by atoms with E-state index in [1.165, 1.54) is 18.9 Å². The molecule has 0 aromatic carbocycles. The summed E-state index contributed by atoms with van der Waals surface area (Å²) in [5, 5.41) is 10.7. The number of ether oxygens (including phenoxy) is 2. The van der Waals surface area contributed by atoms with Gasteiger partial charge in [0.25, 0.3) is 0 Å². The SMILES string of the molecule is COC(=O)c1nnn([C@H]2C[C@@H](C(=O)NCc3ccco3)N(CC=C(C)C)C2)c1C(=O)OC. The zero-order valence-electron chi connectivity index (χ0n) is 18.5. The van der Waals surface area contributed by atoms with Gasteiger partial charge in [-0.25, -0.2) is 14.3 Å². The number of carbonyl (C=O) groups is 3. The molecule has 1 amide bonds. The van der Waals surface area contributed by atoms with Crippen LogP contribution in [0.15, 0.2) is 34.5 Å². The number of carbonyl (C=O) groups excluding carboxylic acids is 3. The number of aromatic nitrogens is 3. The number of nitrogens with zero attached hydrogens (tertiary/aromatic N) is 4. The van der Waals surface area contributed by atoms with Gasteiger partial charge in [0.15, 0.2) is 5.69 Å². The van der Waals surface area contributed by atoms with Gasteiger partial charge in [0.05, 0.1) is 39.1 Å². The van der Waals surface area contributed by atoms with Gasteiger partial charge >= 0.3 is 11.9 Å². The lowest BCUT2D eigenvalue weighted by Crippen LogP contribution is -2.43. The van der Waals surface area contributed by atoms with Gasteiger partial charge in [-0.15, -0.1) is 5.10 Å². The van der Waals surface area contributed by atoms with Crippen molar-refractivity contribution in [3.05, 3.63) is 47.2 Å². The molecule has 2 aromatic rings. The van der Waals surface area contributed by atoms with Crippen molar-refractivity contribution in [2.24, 2.45) is 0 Å². The summed E-state index contributed by atoms with van der Waals surface area (Å²) in [5.74, 6) is -1.06. The Labute approximate surface area is 185 Å². The van der Waals surface area contributed by atoms with Crippen molar-refractivity contribution < 1.29 is 28.3 Å². The van der Waals surface area contributed by atoms with E-state index in [2.05, 4.69) is 15.6 Å². The standard InChI is InChI=1S/C21H27N5O6/c1-13(2)7-8-25-12-14(10-16(25)19(27)22-11-15-6-5-9-32-15)26-18(21(29)31-4)17(23-24-26)20(28)30-3/h5-7,9,14,16H,8,10-12H2,1-4H3,(H,22,27)/t14-,16-/m0/s1. The second-order valence-corrected chi connectivity index (χ2v) is 7.65. The number of esters is 2. The molecule has 2 atom stereocenters. The Morgan fingerprint density at radius 2 is 2.00 bits per heavy atom. The van der Waals surface area contributed by atoms with Crippen molar-refractivity contribution in [1.29, 1.82) is 0 Å². The minimum atomic E-state index is -0.788. The van der Waals surface area contributed by atoms with Gasteiger partial charge in [0, 0.05) is 13.1 Å². The molecule has 32 heavy (non-hydrogen) atoms. The lowest BCUT2D eigenvalue weighted by molar-refractivity contribution is -0.125. The lowest BCUT2D eigenvalue weighted by Gasteiger charge is -2.22. The Morgan fingerprint density at radius 3 is 2.62 bits per heavy atom. The van der Waals surface area contributed by atoms with Crippen LogP contribution < -0.4 is 5.32 Å². The normalized spacial score (nSPS) is 18.2. The number of rotatable bonds is 8. The Morgan fingerprint density at radius 1 is 1.25 bits per heavy atom. The number of allylic oxidation sites excluding steroid dienone is 1. The van der Waals surface area contributed by atoms with E-state index < -0.39 is 18.0 Å². The monoisotopic (exact) mass is 445 g/mol. The molecule has 0 aliphatic carbocycles. The Hall–Kier alpha value is -3.47. The lowest BCUT2D eigenvalue weighted by atomic mass is 10.1. The Bertz CT molecular complexity index is 992. The van der Waals surface area contributed by atoms with Gasteiger partial charge < -0.3 is 19.2 Å². The molecule has 2 aromatic heterocycles. The molecule has 172 valence electrons. The molecule has 0 saturated carbocycles. The summed E-state index contributed by atoms with van der Waals surface area (Å²) in [6.07, 6.45) is 3.94. The van der Waals surface area contributed by atoms with Gasteiger partial charge in [-0.1, -0.05) is 16.9 Å². The molecule has 11 nitrogen and oxygen atoms in total. The highest BCUT2D eigenvalue weighted by Gasteiger charge is 2.40. The van der Waals surface area contributed by atoms with Crippen LogP contribution in [-0.2, 0) is 20.8 Å². The number of hydrogen-bond donors (Lipinski definition) is 1. The predicted molar refractivity (Wildman–Crippen MR) is 112 cm³/mol. The number of amides is 1. The van der Waals surface area contributed by atoms with E-state index in [0.29, 0.717) is 25.3 Å². The molecule has 3 rings (SSSR count). The van der Waals surface area contributed by atoms with Crippen LogP contribution in [0, 0.1) is 0 Å². The number of furan rings is 1. The molecule has 0 radical (unpaired) electrons. The van der Waals surface area contributed by atoms with Crippen molar-refractivity contribution in [3.63, 3.8) is 0 Å². The highest BCUT2D eigenvalue weighted by molar-refractivity contribution is 6.00. The Balaban J connectivity index is 1.85. The minimum Gasteiger partial charge on any atom is -0.467 e. The Kier molecular flexibility index (Phi) is 7.41. The first kappa shape index (κ1) is 23.2. The summed E-state index contributed by atoms with van der Waals surface area (Å²) in [6.45, 7) is 5.21. The zero-order valence-corrected chi connectivity index (χ0v) is 18.5. The fourth-order valence-electron chi connectivity index (χ4n) is 3.61. The van der Waals surface area contributed by atoms with E-state index in [9.17, 15) is 14.4 Å². The van der Waals surface area contributed by atoms with Crippen LogP contribution in [0.3, 0.4) is 0 Å². The van der Waals surface area contributed by atoms with Crippen molar-refractivity contribution >= 4 is 17.8 Å². The third-order valence-corrected chi connectivity index (χ3v) is 5.23. The average molecular weight is 445 g/mol. The maximum absolute atomic E-state index is 13.0. The molecule has 0 bridgehead atoms. The van der Waals surface area contributed by atoms with Crippen molar-refractivity contribution in [2.75, 3.05) is 27.3 Å². The first-order chi connectivity index (χ1) is 15.3. The van der Waals surface area contributed by atoms with E-state index in [1.807, 2.05) is 24.8 Å². The molecular weight excluding hydrogens is 418 g/mol. The molecule has 1 fully saturated rings. The van der Waals surface area contributed by atoms with Crippen LogP contribution in [-0.4, -0.2) is 71.1 Å². The quantitative estimate of drug-likeness (QED) is 0.473. The van der Waals surface area contributed by atoms with E-state index in [0.717, 1.165) is 5.57 Å². The van der Waals surface area contributed by atoms with Crippen LogP contribution in [0.1, 0.15) is 53.0 Å². The molecular formula is C21H27N5O6. The fraction of sp³-hybridized carbons (Fsp3) is 0.476. The highest BCUT2D eigenvalue weighted by Crippen LogP contribution is 2.29. The first-order valence-corrected chi connectivity index (χ1v) is 10.1. The number of likely N-dealkylation sites (tertiary alicyclic amines) is 1. The maximum atomic E-state index is 13.0. The van der Waals surface area contributed by atoms with Gasteiger partial charge in [-0.05, 0) is 32.4 Å². The van der Waals surface area contributed by atoms with Crippen LogP contribution in [0.25, 0.3) is 0 Å². The predicted octanol–water partition coefficient (Wildman–Crippen LogP) is 1.34. The van der Waals surface area contributed by atoms with E-state index in [1.54, 1.807) is 18.4 Å². The number of hydrogen-bond acceptors (Lipinski definition) is 9. The largest absolute Gasteiger partial charge is 0.467 e. The van der Waals surface area contributed by atoms with Gasteiger partial charge in [-0.2, -0.15) is 0 Å². The van der Waals surface area contributed by atoms with Gasteiger partial charge in [0.2, 0.25) is 11.6 Å². The molecule has 1 N–H and O–H groups in total. The molecule has 0 spiro atoms. The smallest absolute Gasteiger partial charge is 0.361 e. The van der Waals surface area contributed by atoms with Crippen LogP contribution in [0.2, 0.25) is 0 Å². The van der Waals surface area contributed by atoms with Crippen molar-refractivity contribution in [2.45, 2.75) is 38.9 Å². The van der Waals surface area contributed by atoms with Gasteiger partial charge in [-0.3, -0.25) is 9.69 Å². The summed E-state index contributed by atoms with van der Waals surface area (Å²) in [5.41, 5.74) is 0.802. The summed E-state index contributed by atoms with van der Waals surface area (Å²) in [6, 6.07) is 2.69. The third kappa shape index (κ3) is 5.05. The molecule has 11 heteroatoms. The van der Waals surface area contributed by atoms with Crippen molar-refractivity contribution in [3.8, 4) is 0 Å². The highest BCUT2D eigenvalue weighted by atomic mass is 16.5. The van der Waals surface area contributed by atoms with Gasteiger partial charge in [0.1, 0.15) is 5.76 Å². The summed E-state index contributed by atoms with van der Waals surface area (Å²) < 4.78 is 16.2. The molecule has 1 aliphatic rings. The van der Waals surface area contributed by atoms with Crippen LogP contribution in [0.4, 0.5) is 0 Å². The second kappa shape index (κ2) is 10.2. The first-order valence-electron chi connectivity index (χ1n) is 10.1. The van der Waals surface area contributed by atoms with Crippen LogP contribution in [0.5, 0.6) is 0 Å². The number of methoxy groups -OCH3 is 2. The fourth-order valence-corrected chi connectivity index (χ4v) is 3.61. The summed E-state index contributed by atoms with van der Waals surface area (Å²) in [4.78, 5) is 39.4. The topological polar surface area (TPSA) is 129 Å². The van der Waals surface area contributed by atoms with Crippen molar-refractivity contribution in [1.82, 2.24) is 25.2 Å². The minimum absolute atomic E-state index is 0.0943.